The third-order valence-electron chi connectivity index (χ3n) is 2.86. The van der Waals surface area contributed by atoms with E-state index in [2.05, 4.69) is 27.1 Å². The van der Waals surface area contributed by atoms with E-state index in [0.29, 0.717) is 6.61 Å². The Hall–Kier alpha value is -1.82. The molecule has 2 aromatic rings. The number of fused-ring (bicyclic) bond motifs is 1. The van der Waals surface area contributed by atoms with Crippen LogP contribution in [0.5, 0.6) is 0 Å². The van der Waals surface area contributed by atoms with Crippen molar-refractivity contribution in [2.45, 2.75) is 6.92 Å². The Balaban J connectivity index is 2.42. The van der Waals surface area contributed by atoms with E-state index in [4.69, 9.17) is 4.74 Å². The maximum absolute atomic E-state index is 5.13. The lowest BCUT2D eigenvalue weighted by molar-refractivity contribution is 0.205. The number of hydrogen-bond acceptors (Lipinski definition) is 5. The van der Waals surface area contributed by atoms with Gasteiger partial charge < -0.3 is 19.4 Å². The molecular weight excluding hydrogens is 230 g/mol. The van der Waals surface area contributed by atoms with Crippen molar-refractivity contribution in [2.75, 3.05) is 44.1 Å². The van der Waals surface area contributed by atoms with Gasteiger partial charge in [0, 0.05) is 39.6 Å². The molecule has 0 unspecified atom stereocenters. The van der Waals surface area contributed by atoms with E-state index < -0.39 is 0 Å². The molecule has 0 saturated heterocycles. The zero-order valence-corrected chi connectivity index (χ0v) is 11.1. The van der Waals surface area contributed by atoms with Crippen LogP contribution in [0.2, 0.25) is 0 Å². The molecule has 6 heteroatoms. The van der Waals surface area contributed by atoms with E-state index in [1.165, 1.54) is 0 Å². The quantitative estimate of drug-likeness (QED) is 0.835. The van der Waals surface area contributed by atoms with Crippen molar-refractivity contribution in [3.05, 3.63) is 18.6 Å². The van der Waals surface area contributed by atoms with Gasteiger partial charge in [0.05, 0.1) is 12.8 Å². The van der Waals surface area contributed by atoms with Crippen LogP contribution in [0, 0.1) is 0 Å². The minimum Gasteiger partial charge on any atom is -0.383 e. The highest BCUT2D eigenvalue weighted by Gasteiger charge is 2.13. The second-order valence-corrected chi connectivity index (χ2v) is 3.93. The molecule has 1 N–H and O–H groups in total. The van der Waals surface area contributed by atoms with Gasteiger partial charge in [0.1, 0.15) is 5.82 Å². The molecule has 6 nitrogen and oxygen atoms in total. The summed E-state index contributed by atoms with van der Waals surface area (Å²) in [6.45, 7) is 4.44. The fourth-order valence-electron chi connectivity index (χ4n) is 1.86. The normalized spacial score (nSPS) is 10.8. The molecule has 0 radical (unpaired) electrons. The predicted molar refractivity (Wildman–Crippen MR) is 72.3 cm³/mol. The highest BCUT2D eigenvalue weighted by atomic mass is 16.5. The van der Waals surface area contributed by atoms with Gasteiger partial charge in [0.2, 0.25) is 0 Å². The van der Waals surface area contributed by atoms with E-state index >= 15 is 0 Å². The summed E-state index contributed by atoms with van der Waals surface area (Å²) in [4.78, 5) is 11.1. The molecule has 0 amide bonds. The number of rotatable bonds is 6. The van der Waals surface area contributed by atoms with Gasteiger partial charge in [0.25, 0.3) is 0 Å². The van der Waals surface area contributed by atoms with Crippen molar-refractivity contribution in [1.82, 2.24) is 14.4 Å². The summed E-state index contributed by atoms with van der Waals surface area (Å²) in [7, 11) is 3.57. The van der Waals surface area contributed by atoms with Gasteiger partial charge >= 0.3 is 0 Å². The lowest BCUT2D eigenvalue weighted by Gasteiger charge is -2.22. The van der Waals surface area contributed by atoms with Crippen molar-refractivity contribution in [3.63, 3.8) is 0 Å². The summed E-state index contributed by atoms with van der Waals surface area (Å²) < 4.78 is 7.11. The van der Waals surface area contributed by atoms with Crippen LogP contribution in [0.4, 0.5) is 11.6 Å². The van der Waals surface area contributed by atoms with Gasteiger partial charge in [-0.3, -0.25) is 0 Å². The number of likely N-dealkylation sites (N-methyl/N-ethyl adjacent to an activating group) is 1. The number of hydrogen-bond donors (Lipinski definition) is 1. The molecule has 0 fully saturated rings. The first-order valence-corrected chi connectivity index (χ1v) is 6.05. The molecule has 0 aromatic carbocycles. The predicted octanol–water partition coefficient (Wildman–Crippen LogP) is 1.24. The Bertz CT molecular complexity index is 510. The molecule has 2 aromatic heterocycles. The second-order valence-electron chi connectivity index (χ2n) is 3.93. The van der Waals surface area contributed by atoms with Crippen molar-refractivity contribution in [1.29, 1.82) is 0 Å². The number of aromatic nitrogens is 3. The standard InChI is InChI=1S/C12H19N5O/c1-4-16(7-8-18-3)12-11-14-5-6-17(11)9-10(13-2)15-12/h5-6,9,13H,4,7-8H2,1-3H3. The molecular formula is C12H19N5O. The van der Waals surface area contributed by atoms with Crippen LogP contribution in [0.15, 0.2) is 18.6 Å². The molecule has 0 spiro atoms. The number of nitrogens with one attached hydrogen (secondary N) is 1. The highest BCUT2D eigenvalue weighted by molar-refractivity contribution is 5.66. The number of ether oxygens (including phenoxy) is 1. The zero-order chi connectivity index (χ0) is 13.0. The van der Waals surface area contributed by atoms with E-state index in [9.17, 15) is 0 Å². The minimum atomic E-state index is 0.673. The minimum absolute atomic E-state index is 0.673. The number of anilines is 2. The molecule has 0 aliphatic rings. The molecule has 0 aliphatic carbocycles. The van der Waals surface area contributed by atoms with Gasteiger partial charge in [-0.1, -0.05) is 0 Å². The monoisotopic (exact) mass is 249 g/mol. The Kier molecular flexibility index (Phi) is 3.99. The Morgan fingerprint density at radius 2 is 2.33 bits per heavy atom. The van der Waals surface area contributed by atoms with Crippen molar-refractivity contribution < 1.29 is 4.74 Å². The van der Waals surface area contributed by atoms with Crippen LogP contribution >= 0.6 is 0 Å². The Morgan fingerprint density at radius 3 is 3.00 bits per heavy atom. The first-order chi connectivity index (χ1) is 8.80. The Morgan fingerprint density at radius 1 is 1.50 bits per heavy atom. The summed E-state index contributed by atoms with van der Waals surface area (Å²) in [5.74, 6) is 1.71. The van der Waals surface area contributed by atoms with Crippen LogP contribution < -0.4 is 10.2 Å². The molecule has 2 rings (SSSR count). The first kappa shape index (κ1) is 12.6. The maximum atomic E-state index is 5.13. The largest absolute Gasteiger partial charge is 0.383 e. The van der Waals surface area contributed by atoms with E-state index in [0.717, 1.165) is 30.4 Å². The molecule has 0 atom stereocenters. The third kappa shape index (κ3) is 2.38. The first-order valence-electron chi connectivity index (χ1n) is 6.05. The van der Waals surface area contributed by atoms with Gasteiger partial charge in [-0.25, -0.2) is 9.97 Å². The molecule has 0 bridgehead atoms. The second kappa shape index (κ2) is 5.68. The van der Waals surface area contributed by atoms with Gasteiger partial charge in [-0.2, -0.15) is 0 Å². The SMILES string of the molecule is CCN(CCOC)c1nc(NC)cn2ccnc12. The highest BCUT2D eigenvalue weighted by Crippen LogP contribution is 2.20. The molecule has 2 heterocycles. The van der Waals surface area contributed by atoms with Crippen LogP contribution in [0.1, 0.15) is 6.92 Å². The van der Waals surface area contributed by atoms with Crippen LogP contribution in [0.25, 0.3) is 5.65 Å². The van der Waals surface area contributed by atoms with Crippen molar-refractivity contribution >= 4 is 17.3 Å². The van der Waals surface area contributed by atoms with E-state index in [1.54, 1.807) is 13.3 Å². The molecule has 0 saturated carbocycles. The lowest BCUT2D eigenvalue weighted by atomic mass is 10.4. The number of nitrogens with zero attached hydrogens (tertiary/aromatic N) is 4. The van der Waals surface area contributed by atoms with E-state index in [-0.39, 0.29) is 0 Å². The van der Waals surface area contributed by atoms with Crippen LogP contribution in [0.3, 0.4) is 0 Å². The average Bonchev–Trinajstić information content (AvgIpc) is 2.87. The van der Waals surface area contributed by atoms with Crippen molar-refractivity contribution in [3.8, 4) is 0 Å². The summed E-state index contributed by atoms with van der Waals surface area (Å²) in [5, 5.41) is 3.07. The summed E-state index contributed by atoms with van der Waals surface area (Å²) >= 11 is 0. The average molecular weight is 249 g/mol. The van der Waals surface area contributed by atoms with Gasteiger partial charge in [-0.05, 0) is 6.92 Å². The maximum Gasteiger partial charge on any atom is 0.180 e. The molecule has 18 heavy (non-hydrogen) atoms. The lowest BCUT2D eigenvalue weighted by Crippen LogP contribution is -2.28. The molecule has 0 aliphatic heterocycles. The summed E-state index contributed by atoms with van der Waals surface area (Å²) in [6.07, 6.45) is 5.63. The van der Waals surface area contributed by atoms with E-state index in [1.807, 2.05) is 23.8 Å². The summed E-state index contributed by atoms with van der Waals surface area (Å²) in [6, 6.07) is 0. The van der Waals surface area contributed by atoms with Crippen LogP contribution in [-0.4, -0.2) is 48.2 Å². The third-order valence-corrected chi connectivity index (χ3v) is 2.86. The fourth-order valence-corrected chi connectivity index (χ4v) is 1.86. The zero-order valence-electron chi connectivity index (χ0n) is 11.1. The Labute approximate surface area is 107 Å². The number of methoxy groups -OCH3 is 1. The molecule has 98 valence electrons. The van der Waals surface area contributed by atoms with Crippen molar-refractivity contribution in [2.24, 2.45) is 0 Å². The fraction of sp³-hybridized carbons (Fsp3) is 0.500. The number of imidazole rings is 1. The smallest absolute Gasteiger partial charge is 0.180 e. The van der Waals surface area contributed by atoms with Gasteiger partial charge in [0.15, 0.2) is 11.5 Å². The summed E-state index contributed by atoms with van der Waals surface area (Å²) in [5.41, 5.74) is 0.868. The topological polar surface area (TPSA) is 54.7 Å². The van der Waals surface area contributed by atoms with Gasteiger partial charge in [-0.15, -0.1) is 0 Å². The van der Waals surface area contributed by atoms with Crippen LogP contribution in [-0.2, 0) is 4.74 Å².